The molecule has 0 N–H and O–H groups in total. The molecule has 0 rings (SSSR count). The van der Waals surface area contributed by atoms with Crippen LogP contribution in [-0.2, 0) is 13.9 Å². The van der Waals surface area contributed by atoms with E-state index in [9.17, 15) is 0 Å². The number of hydrogen-bond donors (Lipinski definition) is 0. The van der Waals surface area contributed by atoms with Crippen molar-refractivity contribution >= 4 is 9.76 Å². The van der Waals surface area contributed by atoms with Crippen molar-refractivity contribution in [2.45, 2.75) is 39.7 Å². The molecule has 0 fully saturated rings. The molecule has 0 saturated carbocycles. The van der Waals surface area contributed by atoms with Crippen molar-refractivity contribution < 1.29 is 13.9 Å². The monoisotopic (exact) mass is 274 g/mol. The maximum atomic E-state index is 5.70. The molecular formula is C12H26N2O3Si. The molecule has 6 heteroatoms. The van der Waals surface area contributed by atoms with Crippen LogP contribution in [0.3, 0.4) is 0 Å². The van der Waals surface area contributed by atoms with Crippen molar-refractivity contribution in [2.75, 3.05) is 28.2 Å². The smallest absolute Gasteiger partial charge is 0.265 e. The molecule has 0 heterocycles. The summed E-state index contributed by atoms with van der Waals surface area (Å²) in [5.74, 6) is 2.83. The quantitative estimate of drug-likeness (QED) is 0.359. The fourth-order valence-corrected chi connectivity index (χ4v) is 1.38. The molecule has 0 spiro atoms. The predicted molar refractivity (Wildman–Crippen MR) is 75.3 cm³/mol. The number of nitrogens with zero attached hydrogens (tertiary/aromatic N) is 2. The van der Waals surface area contributed by atoms with E-state index in [1.165, 1.54) is 0 Å². The van der Waals surface area contributed by atoms with Gasteiger partial charge in [-0.15, -0.1) is 11.5 Å². The van der Waals surface area contributed by atoms with Crippen LogP contribution in [0.25, 0.3) is 0 Å². The Morgan fingerprint density at radius 3 is 1.72 bits per heavy atom. The van der Waals surface area contributed by atoms with Gasteiger partial charge in [0.25, 0.3) is 6.48 Å². The summed E-state index contributed by atoms with van der Waals surface area (Å²) in [6, 6.07) is 0. The van der Waals surface area contributed by atoms with Gasteiger partial charge in [-0.3, -0.25) is 9.80 Å². The zero-order valence-corrected chi connectivity index (χ0v) is 14.0. The molecule has 2 atom stereocenters. The molecule has 0 radical (unpaired) electrons. The minimum absolute atomic E-state index is 0.0760. The lowest BCUT2D eigenvalue weighted by molar-refractivity contribution is -0.309. The lowest BCUT2D eigenvalue weighted by Crippen LogP contribution is -2.39. The average Bonchev–Trinajstić information content (AvgIpc) is 2.28. The largest absolute Gasteiger partial charge is 0.365 e. The second-order valence-corrected chi connectivity index (χ2v) is 5.40. The van der Waals surface area contributed by atoms with Gasteiger partial charge in [0.15, 0.2) is 0 Å². The van der Waals surface area contributed by atoms with Crippen molar-refractivity contribution in [1.82, 2.24) is 9.80 Å². The number of rotatable bonds is 8. The van der Waals surface area contributed by atoms with Crippen molar-refractivity contribution in [3.63, 3.8) is 0 Å². The Morgan fingerprint density at radius 1 is 0.944 bits per heavy atom. The normalized spacial score (nSPS) is 16.9. The van der Waals surface area contributed by atoms with E-state index in [1.54, 1.807) is 6.92 Å². The Kier molecular flexibility index (Phi) is 9.28. The van der Waals surface area contributed by atoms with E-state index in [4.69, 9.17) is 13.9 Å². The van der Waals surface area contributed by atoms with E-state index >= 15 is 0 Å². The predicted octanol–water partition coefficient (Wildman–Crippen LogP) is 0.200. The highest BCUT2D eigenvalue weighted by atomic mass is 28.2. The third-order valence-electron chi connectivity index (χ3n) is 2.54. The second kappa shape index (κ2) is 9.50. The van der Waals surface area contributed by atoms with Gasteiger partial charge >= 0.3 is 0 Å². The zero-order chi connectivity index (χ0) is 14.1. The van der Waals surface area contributed by atoms with Crippen LogP contribution in [0.15, 0.2) is 0 Å². The average molecular weight is 274 g/mol. The Balaban J connectivity index is 4.35. The Hall–Kier alpha value is -0.423. The van der Waals surface area contributed by atoms with Gasteiger partial charge in [-0.2, -0.15) is 0 Å². The van der Waals surface area contributed by atoms with E-state index in [0.29, 0.717) is 0 Å². The molecule has 0 aromatic heterocycles. The van der Waals surface area contributed by atoms with Crippen LogP contribution >= 0.6 is 0 Å². The summed E-state index contributed by atoms with van der Waals surface area (Å²) in [7, 11) is 6.86. The molecular weight excluding hydrogens is 248 g/mol. The molecule has 5 nitrogen and oxygen atoms in total. The van der Waals surface area contributed by atoms with Gasteiger partial charge in [0, 0.05) is 0 Å². The minimum Gasteiger partial charge on any atom is -0.365 e. The van der Waals surface area contributed by atoms with Crippen LogP contribution < -0.4 is 0 Å². The Bertz CT molecular complexity index is 260. The van der Waals surface area contributed by atoms with Gasteiger partial charge in [0.05, 0.1) is 0 Å². The SMILES string of the molecule is CC#C[SiH2]OC(OC(C)N(C)C)OC(C)N(C)C. The lowest BCUT2D eigenvalue weighted by Gasteiger charge is -2.30. The molecule has 0 aliphatic rings. The first-order valence-corrected chi connectivity index (χ1v) is 7.32. The molecule has 18 heavy (non-hydrogen) atoms. The number of hydrogen-bond acceptors (Lipinski definition) is 5. The van der Waals surface area contributed by atoms with Crippen LogP contribution in [0.4, 0.5) is 0 Å². The molecule has 2 unspecified atom stereocenters. The number of ether oxygens (including phenoxy) is 2. The molecule has 106 valence electrons. The summed E-state index contributed by atoms with van der Waals surface area (Å²) in [5, 5.41) is 0. The molecule has 0 bridgehead atoms. The van der Waals surface area contributed by atoms with Gasteiger partial charge in [-0.25, -0.2) is 0 Å². The summed E-state index contributed by atoms with van der Waals surface area (Å²) >= 11 is 0. The van der Waals surface area contributed by atoms with Gasteiger partial charge in [-0.1, -0.05) is 0 Å². The van der Waals surface area contributed by atoms with Crippen LogP contribution in [-0.4, -0.2) is 66.7 Å². The fraction of sp³-hybridized carbons (Fsp3) is 0.833. The maximum absolute atomic E-state index is 5.70. The van der Waals surface area contributed by atoms with Gasteiger partial charge in [0.2, 0.25) is 9.76 Å². The Morgan fingerprint density at radius 2 is 1.39 bits per heavy atom. The first-order valence-electron chi connectivity index (χ1n) is 6.03. The molecule has 0 amide bonds. The molecule has 0 aromatic rings. The van der Waals surface area contributed by atoms with Crippen molar-refractivity contribution in [3.05, 3.63) is 0 Å². The summed E-state index contributed by atoms with van der Waals surface area (Å²) in [6.07, 6.45) is -0.152. The van der Waals surface area contributed by atoms with E-state index in [0.717, 1.165) is 0 Å². The van der Waals surface area contributed by atoms with Crippen molar-refractivity contribution in [1.29, 1.82) is 0 Å². The zero-order valence-electron chi connectivity index (χ0n) is 12.6. The maximum Gasteiger partial charge on any atom is 0.265 e. The van der Waals surface area contributed by atoms with E-state index in [1.807, 2.05) is 51.8 Å². The van der Waals surface area contributed by atoms with E-state index in [2.05, 4.69) is 11.5 Å². The van der Waals surface area contributed by atoms with Gasteiger partial charge < -0.3 is 13.9 Å². The van der Waals surface area contributed by atoms with Crippen LogP contribution in [0.1, 0.15) is 20.8 Å². The summed E-state index contributed by atoms with van der Waals surface area (Å²) < 4.78 is 17.0. The first kappa shape index (κ1) is 17.6. The third kappa shape index (κ3) is 7.82. The van der Waals surface area contributed by atoms with Gasteiger partial charge in [-0.05, 0) is 49.0 Å². The topological polar surface area (TPSA) is 34.2 Å². The fourth-order valence-electron chi connectivity index (χ4n) is 0.858. The van der Waals surface area contributed by atoms with E-state index < -0.39 is 16.2 Å². The van der Waals surface area contributed by atoms with Gasteiger partial charge in [0.1, 0.15) is 12.5 Å². The standard InChI is InChI=1S/C12H26N2O3Si/c1-8-9-18-17-12(15-10(2)13(4)5)16-11(3)14(6)7/h10-12H,18H2,1-7H3. The minimum atomic E-state index is -0.919. The first-order chi connectivity index (χ1) is 8.38. The third-order valence-corrected chi connectivity index (χ3v) is 3.48. The van der Waals surface area contributed by atoms with Crippen molar-refractivity contribution in [2.24, 2.45) is 0 Å². The van der Waals surface area contributed by atoms with Crippen LogP contribution in [0.2, 0.25) is 0 Å². The second-order valence-electron chi connectivity index (χ2n) is 4.42. The Labute approximate surface area is 113 Å². The highest BCUT2D eigenvalue weighted by Gasteiger charge is 2.19. The van der Waals surface area contributed by atoms with Crippen LogP contribution in [0.5, 0.6) is 0 Å². The molecule has 0 aromatic carbocycles. The summed E-state index contributed by atoms with van der Waals surface area (Å²) in [4.78, 5) is 3.90. The summed E-state index contributed by atoms with van der Waals surface area (Å²) in [5.41, 5.74) is 2.96. The summed E-state index contributed by atoms with van der Waals surface area (Å²) in [6.45, 7) is 5.05. The van der Waals surface area contributed by atoms with E-state index in [-0.39, 0.29) is 12.5 Å². The van der Waals surface area contributed by atoms with Crippen LogP contribution in [0, 0.1) is 11.5 Å². The van der Waals surface area contributed by atoms with Crippen molar-refractivity contribution in [3.8, 4) is 11.5 Å². The lowest BCUT2D eigenvalue weighted by atomic mass is 10.6. The molecule has 0 aliphatic heterocycles. The highest BCUT2D eigenvalue weighted by Crippen LogP contribution is 2.08. The molecule has 0 saturated heterocycles. The highest BCUT2D eigenvalue weighted by molar-refractivity contribution is 6.38. The molecule has 0 aliphatic carbocycles.